The highest BCUT2D eigenvalue weighted by Crippen LogP contribution is 2.29. The average molecular weight is 628 g/mol. The van der Waals surface area contributed by atoms with E-state index in [0.717, 1.165) is 21.9 Å². The van der Waals surface area contributed by atoms with Crippen molar-refractivity contribution in [1.82, 2.24) is 10.2 Å². The summed E-state index contributed by atoms with van der Waals surface area (Å²) in [6.07, 6.45) is 1.10. The van der Waals surface area contributed by atoms with Crippen LogP contribution in [0.2, 0.25) is 0 Å². The molecule has 4 rings (SSSR count). The third kappa shape index (κ3) is 8.51. The first kappa shape index (κ1) is 33.3. The standard InChI is InChI=1S/C36H41N3O5S/c1-5-28(4)37-36(41)34(6-2)38(25-29-16-14-13-15-27(29)3)35(40)26-39(45(42,43)33-19-11-8-12-20-33)30-21-23-32(24-22-30)44-31-17-9-7-10-18-31/h7-24,28,34H,5-6,25-26H2,1-4H3,(H,37,41)/t28-,34-/m1/s1. The Morgan fingerprint density at radius 2 is 1.36 bits per heavy atom. The number of aryl methyl sites for hydroxylation is 1. The Morgan fingerprint density at radius 1 is 0.778 bits per heavy atom. The summed E-state index contributed by atoms with van der Waals surface area (Å²) < 4.78 is 35.2. The first-order chi connectivity index (χ1) is 21.6. The van der Waals surface area contributed by atoms with E-state index >= 15 is 0 Å². The molecule has 8 nitrogen and oxygen atoms in total. The maximum atomic E-state index is 14.3. The number of hydrogen-bond acceptors (Lipinski definition) is 5. The first-order valence-corrected chi connectivity index (χ1v) is 16.6. The topological polar surface area (TPSA) is 96.0 Å². The second kappa shape index (κ2) is 15.4. The maximum absolute atomic E-state index is 14.3. The van der Waals surface area contributed by atoms with Crippen molar-refractivity contribution in [2.75, 3.05) is 10.8 Å². The summed E-state index contributed by atoms with van der Waals surface area (Å²) in [4.78, 5) is 29.3. The third-order valence-corrected chi connectivity index (χ3v) is 9.49. The molecule has 1 N–H and O–H groups in total. The molecule has 4 aromatic carbocycles. The normalized spacial score (nSPS) is 12.5. The Balaban J connectivity index is 1.72. The Bertz CT molecular complexity index is 1660. The summed E-state index contributed by atoms with van der Waals surface area (Å²) in [7, 11) is -4.17. The van der Waals surface area contributed by atoms with E-state index in [1.54, 1.807) is 42.5 Å². The Kier molecular flexibility index (Phi) is 11.4. The number of nitrogens with zero attached hydrogens (tertiary/aromatic N) is 2. The van der Waals surface area contributed by atoms with Crippen molar-refractivity contribution in [3.8, 4) is 11.5 Å². The van der Waals surface area contributed by atoms with Gasteiger partial charge in [0.05, 0.1) is 10.6 Å². The van der Waals surface area contributed by atoms with Crippen LogP contribution in [0.25, 0.3) is 0 Å². The van der Waals surface area contributed by atoms with Crippen LogP contribution in [0, 0.1) is 6.92 Å². The number of carbonyl (C=O) groups is 2. The minimum absolute atomic E-state index is 0.0504. The summed E-state index contributed by atoms with van der Waals surface area (Å²) in [5.41, 5.74) is 2.14. The number of amides is 2. The maximum Gasteiger partial charge on any atom is 0.264 e. The number of nitrogens with one attached hydrogen (secondary N) is 1. The average Bonchev–Trinajstić information content (AvgIpc) is 3.05. The molecule has 4 aromatic rings. The lowest BCUT2D eigenvalue weighted by molar-refractivity contribution is -0.140. The van der Waals surface area contributed by atoms with Gasteiger partial charge in [0.15, 0.2) is 0 Å². The molecule has 0 aromatic heterocycles. The van der Waals surface area contributed by atoms with Gasteiger partial charge in [-0.3, -0.25) is 13.9 Å². The second-order valence-corrected chi connectivity index (χ2v) is 12.8. The predicted octanol–water partition coefficient (Wildman–Crippen LogP) is 6.70. The van der Waals surface area contributed by atoms with E-state index < -0.39 is 28.5 Å². The van der Waals surface area contributed by atoms with Gasteiger partial charge in [-0.2, -0.15) is 0 Å². The molecule has 2 amide bonds. The largest absolute Gasteiger partial charge is 0.457 e. The van der Waals surface area contributed by atoms with E-state index in [0.29, 0.717) is 23.6 Å². The van der Waals surface area contributed by atoms with Crippen molar-refractivity contribution < 1.29 is 22.7 Å². The molecule has 236 valence electrons. The molecule has 0 aliphatic rings. The van der Waals surface area contributed by atoms with Crippen LogP contribution in [0.15, 0.2) is 114 Å². The molecule has 0 aliphatic carbocycles. The summed E-state index contributed by atoms with van der Waals surface area (Å²) in [5, 5.41) is 3.00. The van der Waals surface area contributed by atoms with Gasteiger partial charge in [-0.25, -0.2) is 8.42 Å². The molecule has 0 aliphatic heterocycles. The van der Waals surface area contributed by atoms with Gasteiger partial charge in [-0.1, -0.05) is 74.5 Å². The van der Waals surface area contributed by atoms with Gasteiger partial charge in [-0.05, 0) is 86.3 Å². The lowest BCUT2D eigenvalue weighted by atomic mass is 10.1. The molecular weight excluding hydrogens is 586 g/mol. The van der Waals surface area contributed by atoms with E-state index in [2.05, 4.69) is 5.32 Å². The smallest absolute Gasteiger partial charge is 0.264 e. The van der Waals surface area contributed by atoms with Gasteiger partial charge in [-0.15, -0.1) is 0 Å². The second-order valence-electron chi connectivity index (χ2n) is 10.9. The van der Waals surface area contributed by atoms with Crippen molar-refractivity contribution >= 4 is 27.5 Å². The molecule has 0 radical (unpaired) electrons. The number of sulfonamides is 1. The van der Waals surface area contributed by atoms with Crippen molar-refractivity contribution in [2.24, 2.45) is 0 Å². The highest BCUT2D eigenvalue weighted by atomic mass is 32.2. The highest BCUT2D eigenvalue weighted by Gasteiger charge is 2.34. The zero-order valence-electron chi connectivity index (χ0n) is 26.2. The number of rotatable bonds is 14. The summed E-state index contributed by atoms with van der Waals surface area (Å²) in [5.74, 6) is 0.395. The zero-order valence-corrected chi connectivity index (χ0v) is 27.0. The van der Waals surface area contributed by atoms with Gasteiger partial charge in [0.25, 0.3) is 10.0 Å². The molecule has 45 heavy (non-hydrogen) atoms. The van der Waals surface area contributed by atoms with Crippen molar-refractivity contribution in [2.45, 2.75) is 64.1 Å². The molecular formula is C36H41N3O5S. The molecule has 2 atom stereocenters. The molecule has 0 spiro atoms. The Morgan fingerprint density at radius 3 is 1.96 bits per heavy atom. The number of carbonyl (C=O) groups excluding carboxylic acids is 2. The molecule has 0 heterocycles. The molecule has 0 saturated heterocycles. The van der Waals surface area contributed by atoms with Gasteiger partial charge in [0.1, 0.15) is 24.1 Å². The van der Waals surface area contributed by atoms with Gasteiger partial charge >= 0.3 is 0 Å². The number of para-hydroxylation sites is 1. The van der Waals surface area contributed by atoms with Gasteiger partial charge < -0.3 is 15.0 Å². The van der Waals surface area contributed by atoms with Crippen molar-refractivity contribution in [3.05, 3.63) is 120 Å². The van der Waals surface area contributed by atoms with E-state index in [1.807, 2.05) is 82.3 Å². The summed E-state index contributed by atoms with van der Waals surface area (Å²) in [6.45, 7) is 7.34. The Labute approximate surface area is 266 Å². The van der Waals surface area contributed by atoms with Crippen LogP contribution in [0.1, 0.15) is 44.7 Å². The lowest BCUT2D eigenvalue weighted by Crippen LogP contribution is -2.53. The number of anilines is 1. The number of hydrogen-bond donors (Lipinski definition) is 1. The summed E-state index contributed by atoms with van der Waals surface area (Å²) >= 11 is 0. The highest BCUT2D eigenvalue weighted by molar-refractivity contribution is 7.92. The van der Waals surface area contributed by atoms with E-state index in [4.69, 9.17) is 4.74 Å². The lowest BCUT2D eigenvalue weighted by Gasteiger charge is -2.34. The van der Waals surface area contributed by atoms with Crippen LogP contribution in [0.5, 0.6) is 11.5 Å². The fourth-order valence-corrected chi connectivity index (χ4v) is 6.32. The van der Waals surface area contributed by atoms with Gasteiger partial charge in [0, 0.05) is 12.6 Å². The fourth-order valence-electron chi connectivity index (χ4n) is 4.89. The van der Waals surface area contributed by atoms with Gasteiger partial charge in [0.2, 0.25) is 11.8 Å². The van der Waals surface area contributed by atoms with Crippen LogP contribution in [0.3, 0.4) is 0 Å². The van der Waals surface area contributed by atoms with Crippen molar-refractivity contribution in [1.29, 1.82) is 0 Å². The predicted molar refractivity (Wildman–Crippen MR) is 178 cm³/mol. The molecule has 0 unspecified atom stereocenters. The first-order valence-electron chi connectivity index (χ1n) is 15.2. The quantitative estimate of drug-likeness (QED) is 0.168. The monoisotopic (exact) mass is 627 g/mol. The number of ether oxygens (including phenoxy) is 1. The van der Waals surface area contributed by atoms with E-state index in [-0.39, 0.29) is 23.4 Å². The Hall–Kier alpha value is -4.63. The van der Waals surface area contributed by atoms with E-state index in [9.17, 15) is 18.0 Å². The zero-order chi connectivity index (χ0) is 32.4. The summed E-state index contributed by atoms with van der Waals surface area (Å²) in [6, 6.07) is 30.6. The molecule has 0 saturated carbocycles. The van der Waals surface area contributed by atoms with Crippen molar-refractivity contribution in [3.63, 3.8) is 0 Å². The molecule has 9 heteroatoms. The van der Waals surface area contributed by atoms with Crippen LogP contribution >= 0.6 is 0 Å². The van der Waals surface area contributed by atoms with Crippen LogP contribution in [-0.4, -0.2) is 43.8 Å². The third-order valence-electron chi connectivity index (χ3n) is 7.70. The SMILES string of the molecule is CC[C@@H](C)NC(=O)[C@@H](CC)N(Cc1ccccc1C)C(=O)CN(c1ccc(Oc2ccccc2)cc1)S(=O)(=O)c1ccccc1. The minimum atomic E-state index is -4.17. The van der Waals surface area contributed by atoms with Crippen LogP contribution in [0.4, 0.5) is 5.69 Å². The number of benzene rings is 4. The van der Waals surface area contributed by atoms with Crippen LogP contribution in [-0.2, 0) is 26.2 Å². The fraction of sp³-hybridized carbons (Fsp3) is 0.278. The molecule has 0 fully saturated rings. The molecule has 0 bridgehead atoms. The minimum Gasteiger partial charge on any atom is -0.457 e. The van der Waals surface area contributed by atoms with Crippen LogP contribution < -0.4 is 14.4 Å². The van der Waals surface area contributed by atoms with E-state index in [1.165, 1.54) is 17.0 Å².